The van der Waals surface area contributed by atoms with Gasteiger partial charge in [-0.2, -0.15) is 0 Å². The highest BCUT2D eigenvalue weighted by molar-refractivity contribution is 6.43. The lowest BCUT2D eigenvalue weighted by atomic mass is 10.1. The van der Waals surface area contributed by atoms with Crippen LogP contribution >= 0.6 is 23.2 Å². The van der Waals surface area contributed by atoms with Crippen LogP contribution in [0.5, 0.6) is 0 Å². The molecule has 3 N–H and O–H groups in total. The van der Waals surface area contributed by atoms with Crippen molar-refractivity contribution in [2.45, 2.75) is 26.3 Å². The lowest BCUT2D eigenvalue weighted by Gasteiger charge is -2.13. The first-order valence-electron chi connectivity index (χ1n) is 8.29. The third-order valence-electron chi connectivity index (χ3n) is 3.79. The molecule has 0 radical (unpaired) electrons. The van der Waals surface area contributed by atoms with Crippen molar-refractivity contribution >= 4 is 46.4 Å². The van der Waals surface area contributed by atoms with Crippen LogP contribution in [0.15, 0.2) is 42.5 Å². The van der Waals surface area contributed by atoms with Gasteiger partial charge in [-0.05, 0) is 43.7 Å². The number of rotatable bonds is 7. The van der Waals surface area contributed by atoms with Crippen LogP contribution in [-0.4, -0.2) is 24.4 Å². The first kappa shape index (κ1) is 20.1. The number of hydrogen-bond acceptors (Lipinski definition) is 3. The molecule has 0 bridgehead atoms. The van der Waals surface area contributed by atoms with Gasteiger partial charge in [-0.15, -0.1) is 0 Å². The standard InChI is InChI=1S/C19H21Cl2N3O2/c1-3-12(2)23-19(26)13-6-4-7-14(10-13)24-17(25)11-22-16-9-5-8-15(20)18(16)21/h4-10,12,22H,3,11H2,1-2H3,(H,23,26)(H,24,25). The second-order valence-corrected chi connectivity index (χ2v) is 6.65. The van der Waals surface area contributed by atoms with Gasteiger partial charge in [-0.3, -0.25) is 9.59 Å². The molecule has 2 aromatic carbocycles. The Labute approximate surface area is 163 Å². The van der Waals surface area contributed by atoms with Crippen LogP contribution < -0.4 is 16.0 Å². The van der Waals surface area contributed by atoms with Crippen molar-refractivity contribution in [2.24, 2.45) is 0 Å². The van der Waals surface area contributed by atoms with E-state index in [4.69, 9.17) is 23.2 Å². The summed E-state index contributed by atoms with van der Waals surface area (Å²) in [5, 5.41) is 9.36. The van der Waals surface area contributed by atoms with Crippen LogP contribution in [0.2, 0.25) is 10.0 Å². The molecule has 5 nitrogen and oxygen atoms in total. The fourth-order valence-corrected chi connectivity index (χ4v) is 2.54. The van der Waals surface area contributed by atoms with Crippen molar-refractivity contribution < 1.29 is 9.59 Å². The third-order valence-corrected chi connectivity index (χ3v) is 4.61. The lowest BCUT2D eigenvalue weighted by Crippen LogP contribution is -2.32. The zero-order valence-corrected chi connectivity index (χ0v) is 16.1. The monoisotopic (exact) mass is 393 g/mol. The summed E-state index contributed by atoms with van der Waals surface area (Å²) >= 11 is 12.0. The normalized spacial score (nSPS) is 11.5. The molecule has 0 saturated heterocycles. The van der Waals surface area contributed by atoms with Gasteiger partial charge in [-0.25, -0.2) is 0 Å². The zero-order valence-electron chi connectivity index (χ0n) is 14.6. The molecule has 0 aliphatic carbocycles. The van der Waals surface area contributed by atoms with E-state index in [9.17, 15) is 9.59 Å². The van der Waals surface area contributed by atoms with Gasteiger partial charge >= 0.3 is 0 Å². The average Bonchev–Trinajstić information content (AvgIpc) is 2.63. The quantitative estimate of drug-likeness (QED) is 0.644. The SMILES string of the molecule is CCC(C)NC(=O)c1cccc(NC(=O)CNc2cccc(Cl)c2Cl)c1. The molecule has 138 valence electrons. The minimum absolute atomic E-state index is 0.0172. The van der Waals surface area contributed by atoms with Crippen molar-refractivity contribution in [3.63, 3.8) is 0 Å². The predicted octanol–water partition coefficient (Wildman–Crippen LogP) is 4.57. The van der Waals surface area contributed by atoms with Gasteiger partial charge in [0.25, 0.3) is 5.91 Å². The number of carbonyl (C=O) groups is 2. The Kier molecular flexibility index (Phi) is 7.30. The highest BCUT2D eigenvalue weighted by Crippen LogP contribution is 2.29. The molecule has 1 atom stereocenters. The summed E-state index contributed by atoms with van der Waals surface area (Å²) in [5.74, 6) is -0.431. The molecular formula is C19H21Cl2N3O2. The van der Waals surface area contributed by atoms with Gasteiger partial charge in [0.2, 0.25) is 5.91 Å². The van der Waals surface area contributed by atoms with Gasteiger partial charge in [0, 0.05) is 17.3 Å². The summed E-state index contributed by atoms with van der Waals surface area (Å²) in [6.07, 6.45) is 0.847. The molecule has 2 aromatic rings. The van der Waals surface area contributed by atoms with Crippen LogP contribution in [0.1, 0.15) is 30.6 Å². The first-order chi connectivity index (χ1) is 12.4. The van der Waals surface area contributed by atoms with Crippen molar-refractivity contribution in [3.05, 3.63) is 58.1 Å². The van der Waals surface area contributed by atoms with Gasteiger partial charge in [0.05, 0.1) is 22.3 Å². The van der Waals surface area contributed by atoms with E-state index in [2.05, 4.69) is 16.0 Å². The van der Waals surface area contributed by atoms with E-state index in [0.29, 0.717) is 27.0 Å². The van der Waals surface area contributed by atoms with Crippen LogP contribution in [0.25, 0.3) is 0 Å². The van der Waals surface area contributed by atoms with E-state index in [1.165, 1.54) is 0 Å². The van der Waals surface area contributed by atoms with E-state index in [0.717, 1.165) is 6.42 Å². The molecule has 0 aliphatic rings. The highest BCUT2D eigenvalue weighted by Gasteiger charge is 2.11. The Morgan fingerprint density at radius 2 is 1.85 bits per heavy atom. The van der Waals surface area contributed by atoms with Gasteiger partial charge in [0.15, 0.2) is 0 Å². The minimum Gasteiger partial charge on any atom is -0.375 e. The molecule has 26 heavy (non-hydrogen) atoms. The van der Waals surface area contributed by atoms with Gasteiger partial charge in [0.1, 0.15) is 0 Å². The predicted molar refractivity (Wildman–Crippen MR) is 107 cm³/mol. The Morgan fingerprint density at radius 3 is 2.58 bits per heavy atom. The molecule has 0 fully saturated rings. The number of amides is 2. The number of halogens is 2. The smallest absolute Gasteiger partial charge is 0.251 e. The van der Waals surface area contributed by atoms with Crippen LogP contribution in [0.4, 0.5) is 11.4 Å². The summed E-state index contributed by atoms with van der Waals surface area (Å²) in [6, 6.07) is 12.0. The Balaban J connectivity index is 1.95. The Bertz CT molecular complexity index is 796. The number of anilines is 2. The first-order valence-corrected chi connectivity index (χ1v) is 9.05. The molecule has 0 aliphatic heterocycles. The maximum Gasteiger partial charge on any atom is 0.251 e. The van der Waals surface area contributed by atoms with Gasteiger partial charge in [-0.1, -0.05) is 42.3 Å². The van der Waals surface area contributed by atoms with Crippen molar-refractivity contribution in [2.75, 3.05) is 17.2 Å². The van der Waals surface area contributed by atoms with E-state index >= 15 is 0 Å². The van der Waals surface area contributed by atoms with Gasteiger partial charge < -0.3 is 16.0 Å². The zero-order chi connectivity index (χ0) is 19.1. The molecule has 2 amide bonds. The number of carbonyl (C=O) groups excluding carboxylic acids is 2. The Hall–Kier alpha value is -2.24. The lowest BCUT2D eigenvalue weighted by molar-refractivity contribution is -0.114. The molecule has 1 unspecified atom stereocenters. The summed E-state index contributed by atoms with van der Waals surface area (Å²) in [6.45, 7) is 3.96. The summed E-state index contributed by atoms with van der Waals surface area (Å²) in [5.41, 5.74) is 1.62. The molecule has 7 heteroatoms. The van der Waals surface area contributed by atoms with Crippen molar-refractivity contribution in [1.29, 1.82) is 0 Å². The van der Waals surface area contributed by atoms with E-state index in [1.807, 2.05) is 13.8 Å². The third kappa shape index (κ3) is 5.64. The highest BCUT2D eigenvalue weighted by atomic mass is 35.5. The van der Waals surface area contributed by atoms with Crippen LogP contribution in [0.3, 0.4) is 0 Å². The van der Waals surface area contributed by atoms with Crippen LogP contribution in [0, 0.1) is 0 Å². The molecule has 0 saturated carbocycles. The maximum absolute atomic E-state index is 12.2. The van der Waals surface area contributed by atoms with Crippen molar-refractivity contribution in [3.8, 4) is 0 Å². The number of hydrogen-bond donors (Lipinski definition) is 3. The number of nitrogens with one attached hydrogen (secondary N) is 3. The largest absolute Gasteiger partial charge is 0.375 e. The fraction of sp³-hybridized carbons (Fsp3) is 0.263. The summed E-state index contributed by atoms with van der Waals surface area (Å²) in [4.78, 5) is 24.3. The molecular weight excluding hydrogens is 373 g/mol. The summed E-state index contributed by atoms with van der Waals surface area (Å²) in [7, 11) is 0. The molecule has 2 rings (SSSR count). The topological polar surface area (TPSA) is 70.2 Å². The van der Waals surface area contributed by atoms with E-state index in [-0.39, 0.29) is 24.4 Å². The second-order valence-electron chi connectivity index (χ2n) is 5.87. The Morgan fingerprint density at radius 1 is 1.12 bits per heavy atom. The number of benzene rings is 2. The minimum atomic E-state index is -0.263. The molecule has 0 aromatic heterocycles. The maximum atomic E-state index is 12.2. The molecule has 0 heterocycles. The molecule has 0 spiro atoms. The van der Waals surface area contributed by atoms with Crippen molar-refractivity contribution in [1.82, 2.24) is 5.32 Å². The van der Waals surface area contributed by atoms with E-state index in [1.54, 1.807) is 42.5 Å². The fourth-order valence-electron chi connectivity index (χ4n) is 2.17. The second kappa shape index (κ2) is 9.46. The average molecular weight is 394 g/mol. The van der Waals surface area contributed by atoms with Crippen LogP contribution in [-0.2, 0) is 4.79 Å². The van der Waals surface area contributed by atoms with E-state index < -0.39 is 0 Å². The summed E-state index contributed by atoms with van der Waals surface area (Å²) < 4.78 is 0.